The first-order valence-electron chi connectivity index (χ1n) is 8.75. The van der Waals surface area contributed by atoms with Crippen LogP contribution in [0.15, 0.2) is 24.3 Å². The Labute approximate surface area is 148 Å². The molecule has 6 nitrogen and oxygen atoms in total. The highest BCUT2D eigenvalue weighted by Crippen LogP contribution is 2.46. The third-order valence-corrected chi connectivity index (χ3v) is 4.93. The number of ether oxygens (including phenoxy) is 6. The Hall–Kier alpha value is -1.18. The first-order chi connectivity index (χ1) is 11.8. The molecule has 3 aliphatic heterocycles. The molecule has 138 valence electrons. The van der Waals surface area contributed by atoms with Crippen LogP contribution in [0.2, 0.25) is 0 Å². The monoisotopic (exact) mass is 350 g/mol. The van der Waals surface area contributed by atoms with Crippen LogP contribution in [0, 0.1) is 0 Å². The van der Waals surface area contributed by atoms with Crippen LogP contribution >= 0.6 is 0 Å². The highest BCUT2D eigenvalue weighted by molar-refractivity contribution is 5.30. The van der Waals surface area contributed by atoms with Gasteiger partial charge in [-0.2, -0.15) is 0 Å². The van der Waals surface area contributed by atoms with Gasteiger partial charge in [-0.15, -0.1) is 0 Å². The molecular formula is C19H26O6. The molecule has 0 N–H and O–H groups in total. The maximum Gasteiger partial charge on any atom is 0.164 e. The van der Waals surface area contributed by atoms with Crippen molar-refractivity contribution in [2.45, 2.75) is 69.8 Å². The smallest absolute Gasteiger partial charge is 0.164 e. The first kappa shape index (κ1) is 17.2. The zero-order chi connectivity index (χ0) is 17.8. The minimum atomic E-state index is -0.676. The van der Waals surface area contributed by atoms with E-state index in [1.54, 1.807) is 7.11 Å². The van der Waals surface area contributed by atoms with Crippen molar-refractivity contribution < 1.29 is 28.4 Å². The van der Waals surface area contributed by atoms with Crippen LogP contribution in [0.25, 0.3) is 0 Å². The third kappa shape index (κ3) is 3.17. The fourth-order valence-corrected chi connectivity index (χ4v) is 3.84. The number of fused-ring (bicyclic) bond motifs is 3. The van der Waals surface area contributed by atoms with E-state index in [2.05, 4.69) is 0 Å². The Morgan fingerprint density at radius 3 is 2.20 bits per heavy atom. The van der Waals surface area contributed by atoms with Gasteiger partial charge < -0.3 is 28.4 Å². The number of rotatable bonds is 2. The van der Waals surface area contributed by atoms with E-state index in [-0.39, 0.29) is 30.5 Å². The summed E-state index contributed by atoms with van der Waals surface area (Å²) >= 11 is 0. The molecule has 6 heteroatoms. The van der Waals surface area contributed by atoms with Crippen LogP contribution in [-0.2, 0) is 23.7 Å². The van der Waals surface area contributed by atoms with E-state index >= 15 is 0 Å². The lowest BCUT2D eigenvalue weighted by Crippen LogP contribution is -2.61. The van der Waals surface area contributed by atoms with Gasteiger partial charge in [0.05, 0.1) is 13.7 Å². The minimum absolute atomic E-state index is 0.195. The Morgan fingerprint density at radius 1 is 0.880 bits per heavy atom. The summed E-state index contributed by atoms with van der Waals surface area (Å²) in [5.41, 5.74) is 1.03. The second-order valence-electron chi connectivity index (χ2n) is 7.73. The van der Waals surface area contributed by atoms with E-state index < -0.39 is 11.6 Å². The summed E-state index contributed by atoms with van der Waals surface area (Å²) < 4.78 is 35.9. The minimum Gasteiger partial charge on any atom is -0.497 e. The molecule has 25 heavy (non-hydrogen) atoms. The lowest BCUT2D eigenvalue weighted by atomic mass is 9.90. The van der Waals surface area contributed by atoms with Gasteiger partial charge >= 0.3 is 0 Å². The fraction of sp³-hybridized carbons (Fsp3) is 0.684. The molecule has 0 aliphatic carbocycles. The largest absolute Gasteiger partial charge is 0.497 e. The quantitative estimate of drug-likeness (QED) is 0.818. The van der Waals surface area contributed by atoms with Crippen LogP contribution in [0.5, 0.6) is 5.75 Å². The summed E-state index contributed by atoms with van der Waals surface area (Å²) in [6.07, 6.45) is -1.10. The van der Waals surface area contributed by atoms with Crippen LogP contribution in [0.1, 0.15) is 39.4 Å². The zero-order valence-corrected chi connectivity index (χ0v) is 15.4. The predicted molar refractivity (Wildman–Crippen MR) is 89.3 cm³/mol. The maximum atomic E-state index is 6.35. The van der Waals surface area contributed by atoms with E-state index in [9.17, 15) is 0 Å². The molecule has 0 saturated carbocycles. The van der Waals surface area contributed by atoms with Gasteiger partial charge in [0, 0.05) is 0 Å². The Kier molecular flexibility index (Phi) is 4.09. The van der Waals surface area contributed by atoms with E-state index in [0.717, 1.165) is 11.3 Å². The average molecular weight is 350 g/mol. The number of methoxy groups -OCH3 is 1. The maximum absolute atomic E-state index is 6.35. The van der Waals surface area contributed by atoms with Gasteiger partial charge in [-0.05, 0) is 45.4 Å². The van der Waals surface area contributed by atoms with Crippen molar-refractivity contribution in [3.8, 4) is 5.75 Å². The molecule has 0 aromatic heterocycles. The molecule has 1 aromatic rings. The van der Waals surface area contributed by atoms with Gasteiger partial charge in [-0.1, -0.05) is 12.1 Å². The molecule has 4 rings (SSSR count). The van der Waals surface area contributed by atoms with E-state index in [0.29, 0.717) is 6.61 Å². The van der Waals surface area contributed by atoms with Crippen molar-refractivity contribution in [2.75, 3.05) is 13.7 Å². The third-order valence-electron chi connectivity index (χ3n) is 4.93. The summed E-state index contributed by atoms with van der Waals surface area (Å²) in [5, 5.41) is 0. The fourth-order valence-electron chi connectivity index (χ4n) is 3.84. The van der Waals surface area contributed by atoms with Crippen LogP contribution in [0.4, 0.5) is 0 Å². The molecule has 0 spiro atoms. The number of benzene rings is 1. The van der Waals surface area contributed by atoms with Crippen molar-refractivity contribution in [1.29, 1.82) is 0 Å². The summed E-state index contributed by atoms with van der Waals surface area (Å²) in [6, 6.07) is 7.86. The molecule has 3 aliphatic rings. The van der Waals surface area contributed by atoms with E-state index in [1.165, 1.54) is 0 Å². The van der Waals surface area contributed by atoms with Gasteiger partial charge in [-0.25, -0.2) is 0 Å². The van der Waals surface area contributed by atoms with Crippen molar-refractivity contribution in [3.63, 3.8) is 0 Å². The molecule has 0 radical (unpaired) electrons. The average Bonchev–Trinajstić information content (AvgIpc) is 2.89. The summed E-state index contributed by atoms with van der Waals surface area (Å²) in [7, 11) is 1.65. The normalized spacial score (nSPS) is 38.7. The topological polar surface area (TPSA) is 55.4 Å². The molecule has 5 atom stereocenters. The van der Waals surface area contributed by atoms with Crippen molar-refractivity contribution >= 4 is 0 Å². The van der Waals surface area contributed by atoms with Crippen LogP contribution in [-0.4, -0.2) is 49.7 Å². The van der Waals surface area contributed by atoms with Crippen molar-refractivity contribution in [1.82, 2.24) is 0 Å². The number of hydrogen-bond acceptors (Lipinski definition) is 6. The highest BCUT2D eigenvalue weighted by atomic mass is 16.8. The molecule has 0 bridgehead atoms. The van der Waals surface area contributed by atoms with Crippen molar-refractivity contribution in [2.24, 2.45) is 0 Å². The molecule has 0 amide bonds. The lowest BCUT2D eigenvalue weighted by molar-refractivity contribution is -0.349. The SMILES string of the molecule is COc1ccc([C@H]2O[C@@H]3COC(C)(C)O[C@H]3[C@@H]3OC(C)(C)O[C@@H]32)cc1. The van der Waals surface area contributed by atoms with E-state index in [4.69, 9.17) is 28.4 Å². The summed E-state index contributed by atoms with van der Waals surface area (Å²) in [5.74, 6) is -0.522. The number of hydrogen-bond donors (Lipinski definition) is 0. The Balaban J connectivity index is 1.65. The second-order valence-corrected chi connectivity index (χ2v) is 7.73. The van der Waals surface area contributed by atoms with E-state index in [1.807, 2.05) is 52.0 Å². The van der Waals surface area contributed by atoms with Crippen LogP contribution in [0.3, 0.4) is 0 Å². The molecule has 3 saturated heterocycles. The van der Waals surface area contributed by atoms with Crippen LogP contribution < -0.4 is 4.74 Å². The summed E-state index contributed by atoms with van der Waals surface area (Å²) in [6.45, 7) is 8.15. The van der Waals surface area contributed by atoms with Crippen molar-refractivity contribution in [3.05, 3.63) is 29.8 Å². The van der Waals surface area contributed by atoms with Gasteiger partial charge in [0.1, 0.15) is 36.3 Å². The highest BCUT2D eigenvalue weighted by Gasteiger charge is 2.58. The molecular weight excluding hydrogens is 324 g/mol. The Bertz CT molecular complexity index is 625. The van der Waals surface area contributed by atoms with Gasteiger partial charge in [0.15, 0.2) is 11.6 Å². The molecule has 0 unspecified atom stereocenters. The summed E-state index contributed by atoms with van der Waals surface area (Å²) in [4.78, 5) is 0. The van der Waals surface area contributed by atoms with Gasteiger partial charge in [0.2, 0.25) is 0 Å². The van der Waals surface area contributed by atoms with Gasteiger partial charge in [0.25, 0.3) is 0 Å². The lowest BCUT2D eigenvalue weighted by Gasteiger charge is -2.48. The molecule has 3 fully saturated rings. The predicted octanol–water partition coefficient (Wildman–Crippen LogP) is 2.81. The first-order valence-corrected chi connectivity index (χ1v) is 8.75. The molecule has 1 aromatic carbocycles. The Morgan fingerprint density at radius 2 is 1.52 bits per heavy atom. The molecule has 3 heterocycles. The second kappa shape index (κ2) is 5.93. The standard InChI is InChI=1S/C19H26O6/c1-18(2)21-10-13-15(23-18)17-16(24-19(3,4)25-17)14(22-13)11-6-8-12(20-5)9-7-11/h6-9,13-17H,10H2,1-5H3/t13-,14-,15-,16-,17+/m1/s1. The zero-order valence-electron chi connectivity index (χ0n) is 15.4. The van der Waals surface area contributed by atoms with Gasteiger partial charge in [-0.3, -0.25) is 0 Å².